The second kappa shape index (κ2) is 16.0. The number of nitriles is 1. The molecule has 4 heteroatoms. The van der Waals surface area contributed by atoms with Gasteiger partial charge in [0.1, 0.15) is 0 Å². The number of aliphatic carboxylic acids is 1. The summed E-state index contributed by atoms with van der Waals surface area (Å²) in [5.41, 5.74) is 0. The van der Waals surface area contributed by atoms with Crippen LogP contribution in [0.3, 0.4) is 0 Å². The third-order valence-electron chi connectivity index (χ3n) is 0. The molecule has 0 heterocycles. The molecule has 0 aliphatic rings. The largest absolute Gasteiger partial charge is 0.481 e. The fraction of sp³-hybridized carbons (Fsp3) is 0.500. The van der Waals surface area contributed by atoms with Gasteiger partial charge in [-0.2, -0.15) is 5.26 Å². The summed E-state index contributed by atoms with van der Waals surface area (Å²) in [5, 5.41) is 14.7. The standard InChI is InChI=1S/C2H3N.C2H4O2.Pd/c1-2-3;1-2(3)4;/h1H3;1H3,(H,3,4);. The van der Waals surface area contributed by atoms with E-state index in [1.807, 2.05) is 0 Å². The van der Waals surface area contributed by atoms with Crippen LogP contribution in [0.1, 0.15) is 13.8 Å². The molecule has 0 atom stereocenters. The maximum absolute atomic E-state index is 9.00. The summed E-state index contributed by atoms with van der Waals surface area (Å²) in [4.78, 5) is 9.00. The quantitative estimate of drug-likeness (QED) is 0.593. The predicted molar refractivity (Wildman–Crippen MR) is 24.6 cm³/mol. The Kier molecular flexibility index (Phi) is 31.2. The van der Waals surface area contributed by atoms with E-state index in [4.69, 9.17) is 15.2 Å². The Hall–Kier alpha value is -0.378. The molecule has 0 aromatic heterocycles. The fourth-order valence-corrected chi connectivity index (χ4v) is 0. The van der Waals surface area contributed by atoms with Crippen LogP contribution < -0.4 is 0 Å². The molecule has 0 bridgehead atoms. The Bertz CT molecular complexity index is 82.5. The SMILES string of the molecule is CC#N.CC(=O)O.[Pd]. The predicted octanol–water partition coefficient (Wildman–Crippen LogP) is 0.618. The van der Waals surface area contributed by atoms with Crippen LogP contribution in [0.15, 0.2) is 0 Å². The first-order valence-corrected chi connectivity index (χ1v) is 1.65. The molecule has 0 aromatic rings. The molecule has 0 saturated carbocycles. The smallest absolute Gasteiger partial charge is 0.300 e. The molecule has 0 rings (SSSR count). The number of hydrogen-bond acceptors (Lipinski definition) is 2. The number of rotatable bonds is 0. The van der Waals surface area contributed by atoms with E-state index in [9.17, 15) is 0 Å². The molecule has 0 aliphatic heterocycles. The van der Waals surface area contributed by atoms with Crippen molar-refractivity contribution in [1.29, 1.82) is 5.26 Å². The average molecular weight is 208 g/mol. The van der Waals surface area contributed by atoms with E-state index in [2.05, 4.69) is 0 Å². The molecule has 0 unspecified atom stereocenters. The fourth-order valence-electron chi connectivity index (χ4n) is 0. The van der Waals surface area contributed by atoms with E-state index in [1.54, 1.807) is 6.07 Å². The van der Waals surface area contributed by atoms with Crippen LogP contribution in [-0.2, 0) is 25.2 Å². The number of carboxylic acid groups (broad SMARTS) is 1. The number of hydrogen-bond donors (Lipinski definition) is 1. The number of nitrogens with zero attached hydrogens (tertiary/aromatic N) is 1. The molecule has 0 aromatic carbocycles. The first kappa shape index (κ1) is 15.6. The van der Waals surface area contributed by atoms with Crippen molar-refractivity contribution < 1.29 is 30.3 Å². The van der Waals surface area contributed by atoms with Gasteiger partial charge in [0, 0.05) is 34.3 Å². The van der Waals surface area contributed by atoms with Gasteiger partial charge in [-0.15, -0.1) is 0 Å². The monoisotopic (exact) mass is 207 g/mol. The maximum Gasteiger partial charge on any atom is 0.300 e. The van der Waals surface area contributed by atoms with Crippen LogP contribution in [0.25, 0.3) is 0 Å². The molecule has 1 N–H and O–H groups in total. The van der Waals surface area contributed by atoms with E-state index in [0.717, 1.165) is 6.92 Å². The van der Waals surface area contributed by atoms with Gasteiger partial charge in [0.05, 0.1) is 6.07 Å². The summed E-state index contributed by atoms with van der Waals surface area (Å²) in [6, 6.07) is 1.75. The third kappa shape index (κ3) is 842. The summed E-state index contributed by atoms with van der Waals surface area (Å²) < 4.78 is 0. The van der Waals surface area contributed by atoms with E-state index in [1.165, 1.54) is 6.92 Å². The van der Waals surface area contributed by atoms with Gasteiger partial charge in [0.25, 0.3) is 5.97 Å². The number of carbonyl (C=O) groups is 1. The topological polar surface area (TPSA) is 61.1 Å². The van der Waals surface area contributed by atoms with Crippen molar-refractivity contribution >= 4 is 5.97 Å². The van der Waals surface area contributed by atoms with Gasteiger partial charge in [0.2, 0.25) is 0 Å². The number of carboxylic acids is 1. The van der Waals surface area contributed by atoms with Crippen molar-refractivity contribution in [2.45, 2.75) is 13.8 Å². The summed E-state index contributed by atoms with van der Waals surface area (Å²) in [5.74, 6) is -0.833. The minimum Gasteiger partial charge on any atom is -0.481 e. The minimum atomic E-state index is -0.833. The van der Waals surface area contributed by atoms with Crippen LogP contribution in [0.2, 0.25) is 0 Å². The zero-order valence-electron chi connectivity index (χ0n) is 4.62. The molecular weight excluding hydrogens is 200 g/mol. The summed E-state index contributed by atoms with van der Waals surface area (Å²) >= 11 is 0. The summed E-state index contributed by atoms with van der Waals surface area (Å²) in [6.45, 7) is 2.51. The molecule has 0 fully saturated rings. The van der Waals surface area contributed by atoms with Crippen molar-refractivity contribution in [3.05, 3.63) is 0 Å². The van der Waals surface area contributed by atoms with Crippen molar-refractivity contribution in [3.63, 3.8) is 0 Å². The van der Waals surface area contributed by atoms with E-state index >= 15 is 0 Å². The van der Waals surface area contributed by atoms with Crippen LogP contribution in [0, 0.1) is 11.3 Å². The Morgan fingerprint density at radius 2 is 1.75 bits per heavy atom. The summed E-state index contributed by atoms with van der Waals surface area (Å²) in [6.07, 6.45) is 0. The van der Waals surface area contributed by atoms with Crippen molar-refractivity contribution in [1.82, 2.24) is 0 Å². The zero-order chi connectivity index (χ0) is 6.28. The molecular formula is C4H7NO2Pd. The van der Waals surface area contributed by atoms with Crippen molar-refractivity contribution in [2.75, 3.05) is 0 Å². The van der Waals surface area contributed by atoms with Crippen molar-refractivity contribution in [2.24, 2.45) is 0 Å². The van der Waals surface area contributed by atoms with Gasteiger partial charge in [-0.3, -0.25) is 4.79 Å². The van der Waals surface area contributed by atoms with Gasteiger partial charge in [-0.1, -0.05) is 0 Å². The summed E-state index contributed by atoms with van der Waals surface area (Å²) in [7, 11) is 0. The van der Waals surface area contributed by atoms with Crippen LogP contribution in [0.5, 0.6) is 0 Å². The van der Waals surface area contributed by atoms with Crippen LogP contribution in [0.4, 0.5) is 0 Å². The Morgan fingerprint density at radius 1 is 1.75 bits per heavy atom. The van der Waals surface area contributed by atoms with Gasteiger partial charge < -0.3 is 5.11 Å². The molecule has 0 saturated heterocycles. The maximum atomic E-state index is 9.00. The average Bonchev–Trinajstić information content (AvgIpc) is 1.33. The molecule has 0 amide bonds. The Labute approximate surface area is 62.0 Å². The third-order valence-corrected chi connectivity index (χ3v) is 0. The zero-order valence-corrected chi connectivity index (χ0v) is 6.17. The van der Waals surface area contributed by atoms with E-state index < -0.39 is 5.97 Å². The second-order valence-electron chi connectivity index (χ2n) is 0.743. The minimum absolute atomic E-state index is 0. The first-order valence-electron chi connectivity index (χ1n) is 1.65. The molecule has 3 nitrogen and oxygen atoms in total. The molecule has 50 valence electrons. The van der Waals surface area contributed by atoms with Gasteiger partial charge in [-0.25, -0.2) is 0 Å². The molecule has 0 radical (unpaired) electrons. The van der Waals surface area contributed by atoms with E-state index in [0.29, 0.717) is 0 Å². The second-order valence-corrected chi connectivity index (χ2v) is 0.743. The van der Waals surface area contributed by atoms with Crippen molar-refractivity contribution in [3.8, 4) is 6.07 Å². The first-order chi connectivity index (χ1) is 3.15. The normalized spacial score (nSPS) is 4.12. The Morgan fingerprint density at radius 3 is 1.75 bits per heavy atom. The van der Waals surface area contributed by atoms with Crippen LogP contribution >= 0.6 is 0 Å². The molecule has 0 aliphatic carbocycles. The molecule has 8 heavy (non-hydrogen) atoms. The Balaban J connectivity index is -0.0000000575. The van der Waals surface area contributed by atoms with Gasteiger partial charge in [-0.05, 0) is 0 Å². The van der Waals surface area contributed by atoms with Gasteiger partial charge >= 0.3 is 0 Å². The van der Waals surface area contributed by atoms with Gasteiger partial charge in [0.15, 0.2) is 0 Å². The van der Waals surface area contributed by atoms with Crippen LogP contribution in [-0.4, -0.2) is 11.1 Å². The molecule has 0 spiro atoms. The van der Waals surface area contributed by atoms with E-state index in [-0.39, 0.29) is 20.4 Å².